The average molecular weight is 2050 g/mol. The summed E-state index contributed by atoms with van der Waals surface area (Å²) < 4.78 is 53.8. The van der Waals surface area contributed by atoms with Crippen molar-refractivity contribution < 1.29 is 53.3 Å². The number of nitrogens with one attached hydrogen (secondary N) is 7. The minimum absolute atomic E-state index is 0.0111. The number of nitrogen functional groups attached to an aromatic ring is 7. The number of alkyl halides is 3. The van der Waals surface area contributed by atoms with Crippen molar-refractivity contribution in [3.05, 3.63) is 126 Å². The first kappa shape index (κ1) is 115. The van der Waals surface area contributed by atoms with Crippen LogP contribution in [0.15, 0.2) is 121 Å². The van der Waals surface area contributed by atoms with Crippen molar-refractivity contribution in [1.82, 2.24) is 105 Å². The molecule has 0 saturated carbocycles. The fraction of sp³-hybridized carbons (Fsp3) is 0.490. The van der Waals surface area contributed by atoms with Gasteiger partial charge in [0.25, 0.3) is 0 Å². The maximum absolute atomic E-state index is 13.5. The van der Waals surface area contributed by atoms with Crippen LogP contribution in [0.5, 0.6) is 0 Å². The van der Waals surface area contributed by atoms with E-state index in [0.717, 1.165) is 120 Å². The number of unbranched alkanes of at least 4 members (excludes halogenated alkanes) is 5. The van der Waals surface area contributed by atoms with Crippen LogP contribution in [0.4, 0.5) is 99.9 Å². The molecule has 14 heterocycles. The van der Waals surface area contributed by atoms with Gasteiger partial charge in [-0.3, -0.25) is 24.9 Å². The molecule has 143 heavy (non-hydrogen) atoms. The summed E-state index contributed by atoms with van der Waals surface area (Å²) in [6, 6.07) is 19.4. The number of nitrogens with zero attached hydrogens (tertiary/aromatic N) is 21. The molecule has 0 saturated heterocycles. The standard InChI is InChI=1S/C15H23N5O.2C14H20FN5O.C14H21N5O.C13H18BrN5O.C13H17F2N5O.C13H19N5O/c1-3-5-8-15(4-2,10-21)20-13-12-11(7-6-9-17-12)18-14(16)19-13;1-3-4-5-10(8(2)21)18-13-12-11(19-14(16)20-13)6-9(15)7-17-12;1-2-3-5-9(11(21)8-15)18-13-12-10(6-4-7-17-12)19-14(16)20-13;1-3-4-6-10(9(2)20)17-13-12-11(7-5-8-16-12)18-14(15)19-13;1-2-3-4-9(7-20)17-12-11-10(18-13(15)19-12)5-8(14)6-16-11;1-2-13(14,15)6-8(7-21)18-11-10-9(4-3-5-17-10)19-12(16)20-11;1-3-6-13(2,8-19)18-11-10-9(5-4-7-15-10)16-12(14)17-11/h6-7,9,21H,3-5,8,10H2,1-2H3,(H3,16,18,19,20);6-8,10,21H,3-5H2,1-2H3,(H3,16,18,19,20);4,6-7,9,11,21H,2-3,5,8H2,1H3,(H3,16,18,19,20);5,7-10,20H,3-4,6H2,1-2H3,(H3,15,17,18,19);5-6,9,20H,2-4,7H2,1H3,(H3,15,17,18,19);3-5,8,21H,2,6-7H2,1H3,(H3,16,18,19,20);4-5,7,19H,3,6,8H2,1-2H3,(H3,14,16,17,18)/t;8-,10+;9-,11?;9-,10+;9-;8-;13-/m.010111/s1. The van der Waals surface area contributed by atoms with E-state index in [9.17, 15) is 53.3 Å². The summed E-state index contributed by atoms with van der Waals surface area (Å²) in [6.07, 6.45) is 24.9. The summed E-state index contributed by atoms with van der Waals surface area (Å²) in [5.41, 5.74) is 47.3. The van der Waals surface area contributed by atoms with Crippen molar-refractivity contribution in [3.8, 4) is 0 Å². The van der Waals surface area contributed by atoms with E-state index in [4.69, 9.17) is 40.1 Å². The van der Waals surface area contributed by atoms with E-state index in [2.05, 4.69) is 199 Å². The van der Waals surface area contributed by atoms with Crippen LogP contribution in [0.1, 0.15) is 205 Å². The van der Waals surface area contributed by atoms with Gasteiger partial charge >= 0.3 is 0 Å². The maximum Gasteiger partial charge on any atom is 0.249 e. The van der Waals surface area contributed by atoms with Crippen LogP contribution in [-0.4, -0.2) is 239 Å². The quantitative estimate of drug-likeness (QED) is 0.0158. The Morgan fingerprint density at radius 3 is 1.05 bits per heavy atom. The molecular formula is C96H138BrF4N35O7. The number of rotatable bonds is 43. The molecule has 42 nitrogen and oxygen atoms in total. The second-order valence-corrected chi connectivity index (χ2v) is 35.4. The molecule has 0 aliphatic rings. The zero-order valence-electron chi connectivity index (χ0n) is 82.7. The van der Waals surface area contributed by atoms with Gasteiger partial charge in [-0.1, -0.05) is 126 Å². The Balaban J connectivity index is 0.000000204. The highest BCUT2D eigenvalue weighted by Gasteiger charge is 2.33. The summed E-state index contributed by atoms with van der Waals surface area (Å²) in [6.45, 7) is 20.3. The number of aliphatic hydroxyl groups excluding tert-OH is 7. The van der Waals surface area contributed by atoms with Gasteiger partial charge in [-0.05, 0) is 148 Å². The molecule has 47 heteroatoms. The van der Waals surface area contributed by atoms with Gasteiger partial charge in [0.1, 0.15) is 57.2 Å². The number of aliphatic hydroxyl groups is 7. The Hall–Kier alpha value is -13.5. The number of pyridine rings is 7. The highest BCUT2D eigenvalue weighted by Crippen LogP contribution is 2.33. The second kappa shape index (κ2) is 57.6. The van der Waals surface area contributed by atoms with Gasteiger partial charge in [-0.25, -0.2) is 62.4 Å². The number of hydrogen-bond donors (Lipinski definition) is 21. The molecule has 0 spiro atoms. The highest BCUT2D eigenvalue weighted by atomic mass is 79.9. The largest absolute Gasteiger partial charge is 0.394 e. The van der Waals surface area contributed by atoms with Gasteiger partial charge in [0.05, 0.1) is 125 Å². The smallest absolute Gasteiger partial charge is 0.249 e. The maximum atomic E-state index is 13.5. The lowest BCUT2D eigenvalue weighted by Crippen LogP contribution is -2.42. The van der Waals surface area contributed by atoms with E-state index in [1.165, 1.54) is 13.0 Å². The Morgan fingerprint density at radius 1 is 0.371 bits per heavy atom. The lowest BCUT2D eigenvalue weighted by atomic mass is 9.90. The third kappa shape index (κ3) is 35.3. The number of hydrogen-bond acceptors (Lipinski definition) is 42. The van der Waals surface area contributed by atoms with Crippen molar-refractivity contribution in [2.75, 3.05) is 110 Å². The summed E-state index contributed by atoms with van der Waals surface area (Å²) in [5, 5.41) is 89.8. The van der Waals surface area contributed by atoms with E-state index in [1.54, 1.807) is 81.4 Å². The first-order valence-corrected chi connectivity index (χ1v) is 48.8. The topological polar surface area (TPSA) is 679 Å². The molecule has 0 aromatic carbocycles. The van der Waals surface area contributed by atoms with Crippen molar-refractivity contribution in [2.45, 2.75) is 270 Å². The number of halogens is 5. The molecule has 0 fully saturated rings. The first-order valence-electron chi connectivity index (χ1n) is 48.0. The number of nitrogens with two attached hydrogens (primary N) is 7. The molecule has 28 N–H and O–H groups in total. The molecule has 0 aliphatic heterocycles. The van der Waals surface area contributed by atoms with E-state index in [-0.39, 0.29) is 91.8 Å². The van der Waals surface area contributed by atoms with Gasteiger partial charge in [-0.2, -0.15) is 34.9 Å². The molecule has 0 bridgehead atoms. The normalized spacial score (nSPS) is 13.8. The molecule has 10 atom stereocenters. The highest BCUT2D eigenvalue weighted by molar-refractivity contribution is 9.10. The molecule has 14 aromatic rings. The SMILES string of the molecule is CCC(F)(F)C[C@H](CO)Nc1nc(N)nc2cccnc12.CCCCC(CC)(CO)Nc1nc(N)nc2cccnc12.CCCC[C@@H](Nc1nc(N)nc2cc(F)cnc12)[C@H](C)O.CCCC[C@@H](Nc1nc(N)nc2cccnc12)C(O)CF.CCCC[C@@H](Nc1nc(N)nc2cccnc12)[C@H](C)O.CCCC[C@H](CO)Nc1nc(N)nc2cc(Br)cnc12.CCC[C@](C)(CO)Nc1nc(N)nc2cccnc12. The monoisotopic (exact) mass is 2050 g/mol. The molecule has 0 aliphatic carbocycles. The van der Waals surface area contributed by atoms with Crippen LogP contribution >= 0.6 is 15.9 Å². The summed E-state index contributed by atoms with van der Waals surface area (Å²) in [5.74, 6) is 0.984. The summed E-state index contributed by atoms with van der Waals surface area (Å²) >= 11 is 3.36. The predicted molar refractivity (Wildman–Crippen MR) is 562 cm³/mol. The van der Waals surface area contributed by atoms with Crippen molar-refractivity contribution in [3.63, 3.8) is 0 Å². The van der Waals surface area contributed by atoms with Crippen LogP contribution in [0.3, 0.4) is 0 Å². The molecule has 0 radical (unpaired) electrons. The number of fused-ring (bicyclic) bond motifs is 7. The third-order valence-corrected chi connectivity index (χ3v) is 23.2. The summed E-state index contributed by atoms with van der Waals surface area (Å²) in [7, 11) is 0. The van der Waals surface area contributed by atoms with Crippen LogP contribution in [0, 0.1) is 5.82 Å². The number of aromatic nitrogens is 21. The average Bonchev–Trinajstić information content (AvgIpc) is 0.804. The van der Waals surface area contributed by atoms with Crippen LogP contribution in [-0.2, 0) is 0 Å². The van der Waals surface area contributed by atoms with Gasteiger partial charge < -0.3 is 113 Å². The first-order chi connectivity index (χ1) is 68.6. The van der Waals surface area contributed by atoms with E-state index < -0.39 is 72.9 Å². The lowest BCUT2D eigenvalue weighted by Gasteiger charge is -2.32. The Morgan fingerprint density at radius 2 is 0.699 bits per heavy atom. The van der Waals surface area contributed by atoms with Crippen LogP contribution in [0.25, 0.3) is 77.2 Å². The lowest BCUT2D eigenvalue weighted by molar-refractivity contribution is -0.0198. The Labute approximate surface area is 836 Å². The van der Waals surface area contributed by atoms with Crippen molar-refractivity contribution in [2.24, 2.45) is 0 Å². The number of anilines is 14. The minimum Gasteiger partial charge on any atom is -0.394 e. The van der Waals surface area contributed by atoms with E-state index in [1.807, 2.05) is 50.2 Å². The van der Waals surface area contributed by atoms with E-state index >= 15 is 0 Å². The van der Waals surface area contributed by atoms with Gasteiger partial charge in [-0.15, -0.1) is 0 Å². The predicted octanol–water partition coefficient (Wildman–Crippen LogP) is 14.0. The van der Waals surface area contributed by atoms with Gasteiger partial charge in [0.15, 0.2) is 40.7 Å². The fourth-order valence-electron chi connectivity index (χ4n) is 14.8. The van der Waals surface area contributed by atoms with Gasteiger partial charge in [0, 0.05) is 60.6 Å². The minimum atomic E-state index is -2.86. The Bertz CT molecular complexity index is 6260. The second-order valence-electron chi connectivity index (χ2n) is 34.5. The zero-order valence-corrected chi connectivity index (χ0v) is 84.3. The fourth-order valence-corrected chi connectivity index (χ4v) is 15.1. The van der Waals surface area contributed by atoms with Crippen molar-refractivity contribution >= 4 is 176 Å². The molecule has 14 rings (SSSR count). The molecule has 14 aromatic heterocycles. The van der Waals surface area contributed by atoms with Gasteiger partial charge in [0.2, 0.25) is 47.6 Å². The Kier molecular flexibility index (Phi) is 46.2. The zero-order chi connectivity index (χ0) is 104. The summed E-state index contributed by atoms with van der Waals surface area (Å²) in [4.78, 5) is 87.4. The molecular weight excluding hydrogens is 1910 g/mol. The molecule has 2 unspecified atom stereocenters. The van der Waals surface area contributed by atoms with Crippen molar-refractivity contribution in [1.29, 1.82) is 0 Å². The molecule has 0 amide bonds. The third-order valence-electron chi connectivity index (χ3n) is 22.8. The molecule has 774 valence electrons. The van der Waals surface area contributed by atoms with Crippen LogP contribution < -0.4 is 77.4 Å². The van der Waals surface area contributed by atoms with Crippen LogP contribution in [0.2, 0.25) is 0 Å². The van der Waals surface area contributed by atoms with E-state index in [0.29, 0.717) is 119 Å².